The van der Waals surface area contributed by atoms with Gasteiger partial charge in [0.2, 0.25) is 0 Å². The maximum Gasteiger partial charge on any atom is 0.257 e. The molecule has 0 saturated heterocycles. The first-order chi connectivity index (χ1) is 13.8. The van der Waals surface area contributed by atoms with Crippen LogP contribution in [0.25, 0.3) is 0 Å². The summed E-state index contributed by atoms with van der Waals surface area (Å²) in [5, 5.41) is 6.24. The molecular weight excluding hydrogens is 352 g/mol. The van der Waals surface area contributed by atoms with Gasteiger partial charge in [-0.15, -0.1) is 0 Å². The zero-order valence-corrected chi connectivity index (χ0v) is 15.9. The van der Waals surface area contributed by atoms with Gasteiger partial charge in [-0.05, 0) is 43.3 Å². The van der Waals surface area contributed by atoms with Crippen LogP contribution in [-0.2, 0) is 4.74 Å². The van der Waals surface area contributed by atoms with E-state index in [1.54, 1.807) is 6.07 Å². The molecule has 144 valence electrons. The van der Waals surface area contributed by atoms with Gasteiger partial charge in [0.1, 0.15) is 12.4 Å². The summed E-state index contributed by atoms with van der Waals surface area (Å²) < 4.78 is 11.0. The third-order valence-electron chi connectivity index (χ3n) is 4.05. The second kappa shape index (κ2) is 10.1. The second-order valence-electron chi connectivity index (χ2n) is 6.03. The lowest BCUT2D eigenvalue weighted by Gasteiger charge is -2.15. The topological polar surface area (TPSA) is 59.6 Å². The Morgan fingerprint density at radius 1 is 0.821 bits per heavy atom. The highest BCUT2D eigenvalue weighted by Gasteiger charge is 2.13. The fourth-order valence-corrected chi connectivity index (χ4v) is 2.71. The number of para-hydroxylation sites is 4. The molecule has 5 heteroatoms. The predicted molar refractivity (Wildman–Crippen MR) is 113 cm³/mol. The van der Waals surface area contributed by atoms with Gasteiger partial charge >= 0.3 is 0 Å². The normalized spacial score (nSPS) is 10.3. The quantitative estimate of drug-likeness (QED) is 0.510. The number of hydrogen-bond acceptors (Lipinski definition) is 4. The summed E-state index contributed by atoms with van der Waals surface area (Å²) in [7, 11) is 0. The number of carbonyl (C=O) groups excluding carboxylic acids is 1. The summed E-state index contributed by atoms with van der Waals surface area (Å²) in [5.74, 6) is 0.406. The molecule has 3 rings (SSSR count). The van der Waals surface area contributed by atoms with Crippen LogP contribution in [0.15, 0.2) is 78.9 Å². The van der Waals surface area contributed by atoms with Crippen molar-refractivity contribution in [2.45, 2.75) is 6.92 Å². The van der Waals surface area contributed by atoms with Crippen molar-refractivity contribution in [2.24, 2.45) is 0 Å². The predicted octanol–water partition coefficient (Wildman–Crippen LogP) is 5.10. The SMILES string of the molecule is CCOCCOc1ccccc1NC(=O)c1ccccc1Nc1ccccc1. The zero-order valence-electron chi connectivity index (χ0n) is 15.9. The van der Waals surface area contributed by atoms with Gasteiger partial charge in [-0.3, -0.25) is 4.79 Å². The fourth-order valence-electron chi connectivity index (χ4n) is 2.71. The van der Waals surface area contributed by atoms with E-state index in [1.165, 1.54) is 0 Å². The summed E-state index contributed by atoms with van der Waals surface area (Å²) in [6, 6.07) is 24.5. The van der Waals surface area contributed by atoms with E-state index in [4.69, 9.17) is 9.47 Å². The highest BCUT2D eigenvalue weighted by atomic mass is 16.5. The van der Waals surface area contributed by atoms with Crippen LogP contribution in [0.4, 0.5) is 17.1 Å². The highest BCUT2D eigenvalue weighted by Crippen LogP contribution is 2.26. The van der Waals surface area contributed by atoms with Crippen molar-refractivity contribution in [3.05, 3.63) is 84.4 Å². The first-order valence-corrected chi connectivity index (χ1v) is 9.30. The van der Waals surface area contributed by atoms with Crippen molar-refractivity contribution in [2.75, 3.05) is 30.5 Å². The van der Waals surface area contributed by atoms with Gasteiger partial charge in [0, 0.05) is 12.3 Å². The maximum atomic E-state index is 12.9. The maximum absolute atomic E-state index is 12.9. The van der Waals surface area contributed by atoms with Gasteiger partial charge in [-0.2, -0.15) is 0 Å². The number of carbonyl (C=O) groups is 1. The molecule has 0 aromatic heterocycles. The largest absolute Gasteiger partial charge is 0.489 e. The standard InChI is InChI=1S/C23H24N2O3/c1-2-27-16-17-28-22-15-9-8-14-21(22)25-23(26)19-12-6-7-13-20(19)24-18-10-4-3-5-11-18/h3-15,24H,2,16-17H2,1H3,(H,25,26). The number of ether oxygens (including phenoxy) is 2. The minimum Gasteiger partial charge on any atom is -0.489 e. The lowest BCUT2D eigenvalue weighted by molar-refractivity contribution is 0.102. The smallest absolute Gasteiger partial charge is 0.257 e. The number of rotatable bonds is 9. The molecular formula is C23H24N2O3. The van der Waals surface area contributed by atoms with E-state index in [2.05, 4.69) is 10.6 Å². The summed E-state index contributed by atoms with van der Waals surface area (Å²) in [4.78, 5) is 12.9. The summed E-state index contributed by atoms with van der Waals surface area (Å²) >= 11 is 0. The number of anilines is 3. The average Bonchev–Trinajstić information content (AvgIpc) is 2.73. The van der Waals surface area contributed by atoms with E-state index in [9.17, 15) is 4.79 Å². The molecule has 0 atom stereocenters. The van der Waals surface area contributed by atoms with Crippen molar-refractivity contribution in [1.82, 2.24) is 0 Å². The van der Waals surface area contributed by atoms with Crippen LogP contribution in [0.3, 0.4) is 0 Å². The Hall–Kier alpha value is -3.31. The number of nitrogens with one attached hydrogen (secondary N) is 2. The Bertz CT molecular complexity index is 897. The van der Waals surface area contributed by atoms with E-state index in [-0.39, 0.29) is 5.91 Å². The summed E-state index contributed by atoms with van der Waals surface area (Å²) in [6.45, 7) is 3.51. The van der Waals surface area contributed by atoms with Gasteiger partial charge in [0.25, 0.3) is 5.91 Å². The van der Waals surface area contributed by atoms with Gasteiger partial charge in [0.05, 0.1) is 23.5 Å². The van der Waals surface area contributed by atoms with Gasteiger partial charge in [-0.1, -0.05) is 42.5 Å². The highest BCUT2D eigenvalue weighted by molar-refractivity contribution is 6.09. The van der Waals surface area contributed by atoms with Gasteiger partial charge < -0.3 is 20.1 Å². The van der Waals surface area contributed by atoms with Gasteiger partial charge in [-0.25, -0.2) is 0 Å². The third kappa shape index (κ3) is 5.34. The molecule has 0 bridgehead atoms. The molecule has 0 aliphatic rings. The second-order valence-corrected chi connectivity index (χ2v) is 6.03. The molecule has 1 amide bonds. The molecule has 3 aromatic carbocycles. The zero-order chi connectivity index (χ0) is 19.6. The molecule has 0 radical (unpaired) electrons. The van der Waals surface area contributed by atoms with Crippen LogP contribution in [0, 0.1) is 0 Å². The lowest BCUT2D eigenvalue weighted by Crippen LogP contribution is -2.15. The Labute approximate surface area is 165 Å². The minimum absolute atomic E-state index is 0.208. The first kappa shape index (κ1) is 19.5. The van der Waals surface area contributed by atoms with Crippen LogP contribution in [0.2, 0.25) is 0 Å². The summed E-state index contributed by atoms with van der Waals surface area (Å²) in [6.07, 6.45) is 0. The summed E-state index contributed by atoms with van der Waals surface area (Å²) in [5.41, 5.74) is 2.83. The monoisotopic (exact) mass is 376 g/mol. The van der Waals surface area contributed by atoms with Crippen LogP contribution in [0.5, 0.6) is 5.75 Å². The van der Waals surface area contributed by atoms with Gasteiger partial charge in [0.15, 0.2) is 0 Å². The van der Waals surface area contributed by atoms with Crippen LogP contribution >= 0.6 is 0 Å². The Balaban J connectivity index is 1.74. The molecule has 0 aliphatic carbocycles. The van der Waals surface area contributed by atoms with Crippen molar-refractivity contribution < 1.29 is 14.3 Å². The first-order valence-electron chi connectivity index (χ1n) is 9.30. The molecule has 3 aromatic rings. The van der Waals surface area contributed by atoms with Crippen LogP contribution in [0.1, 0.15) is 17.3 Å². The molecule has 2 N–H and O–H groups in total. The molecule has 5 nitrogen and oxygen atoms in total. The average molecular weight is 376 g/mol. The number of hydrogen-bond donors (Lipinski definition) is 2. The van der Waals surface area contributed by atoms with E-state index >= 15 is 0 Å². The van der Waals surface area contributed by atoms with E-state index < -0.39 is 0 Å². The van der Waals surface area contributed by atoms with Crippen LogP contribution < -0.4 is 15.4 Å². The Morgan fingerprint density at radius 2 is 1.50 bits per heavy atom. The molecule has 0 unspecified atom stereocenters. The van der Waals surface area contributed by atoms with Crippen molar-refractivity contribution in [3.63, 3.8) is 0 Å². The molecule has 0 saturated carbocycles. The third-order valence-corrected chi connectivity index (χ3v) is 4.05. The Morgan fingerprint density at radius 3 is 2.29 bits per heavy atom. The molecule has 0 aliphatic heterocycles. The van der Waals surface area contributed by atoms with E-state index in [0.29, 0.717) is 36.8 Å². The van der Waals surface area contributed by atoms with Crippen molar-refractivity contribution in [1.29, 1.82) is 0 Å². The van der Waals surface area contributed by atoms with Crippen LogP contribution in [-0.4, -0.2) is 25.7 Å². The lowest BCUT2D eigenvalue weighted by atomic mass is 10.1. The van der Waals surface area contributed by atoms with Crippen molar-refractivity contribution in [3.8, 4) is 5.75 Å². The van der Waals surface area contributed by atoms with E-state index in [0.717, 1.165) is 11.4 Å². The number of benzene rings is 3. The number of amides is 1. The van der Waals surface area contributed by atoms with Crippen molar-refractivity contribution >= 4 is 23.0 Å². The van der Waals surface area contributed by atoms with E-state index in [1.807, 2.05) is 79.7 Å². The molecule has 0 heterocycles. The Kier molecular flexibility index (Phi) is 7.04. The molecule has 28 heavy (non-hydrogen) atoms. The minimum atomic E-state index is -0.208. The molecule has 0 spiro atoms. The fraction of sp³-hybridized carbons (Fsp3) is 0.174. The molecule has 0 fully saturated rings.